The minimum Gasteiger partial charge on any atom is -0.494 e. The van der Waals surface area contributed by atoms with E-state index in [9.17, 15) is 4.79 Å². The predicted octanol–water partition coefficient (Wildman–Crippen LogP) is 6.34. The van der Waals surface area contributed by atoms with Crippen molar-refractivity contribution >= 4 is 40.3 Å². The number of hydrogen-bond donors (Lipinski definition) is 0. The highest BCUT2D eigenvalue weighted by Gasteiger charge is 2.35. The number of amides is 1. The number of benzene rings is 2. The number of ether oxygens (including phenoxy) is 2. The van der Waals surface area contributed by atoms with Gasteiger partial charge in [-0.3, -0.25) is 9.69 Å². The number of carbonyl (C=O) groups excluding carboxylic acids is 1. The highest BCUT2D eigenvalue weighted by atomic mass is 32.2. The zero-order valence-electron chi connectivity index (χ0n) is 21.1. The Balaban J connectivity index is 1.43. The quantitative estimate of drug-likeness (QED) is 0.236. The molecule has 37 heavy (non-hydrogen) atoms. The molecular formula is C29H31N3O3S2. The van der Waals surface area contributed by atoms with Gasteiger partial charge in [-0.1, -0.05) is 56.0 Å². The molecule has 1 amide bonds. The van der Waals surface area contributed by atoms with Crippen LogP contribution in [0.15, 0.2) is 65.7 Å². The second kappa shape index (κ2) is 11.6. The molecule has 2 aliphatic rings. The zero-order chi connectivity index (χ0) is 25.8. The van der Waals surface area contributed by atoms with Gasteiger partial charge in [0.15, 0.2) is 0 Å². The Morgan fingerprint density at radius 1 is 1.19 bits per heavy atom. The molecule has 2 saturated heterocycles. The zero-order valence-corrected chi connectivity index (χ0v) is 22.8. The minimum absolute atomic E-state index is 0.0551. The van der Waals surface area contributed by atoms with Crippen LogP contribution in [0.3, 0.4) is 0 Å². The number of para-hydroxylation sites is 1. The van der Waals surface area contributed by atoms with Crippen LogP contribution in [0.25, 0.3) is 23.0 Å². The van der Waals surface area contributed by atoms with Gasteiger partial charge in [0, 0.05) is 23.9 Å². The van der Waals surface area contributed by atoms with Gasteiger partial charge in [-0.25, -0.2) is 4.68 Å². The van der Waals surface area contributed by atoms with Gasteiger partial charge in [-0.15, -0.1) is 0 Å². The summed E-state index contributed by atoms with van der Waals surface area (Å²) >= 11 is 6.89. The van der Waals surface area contributed by atoms with E-state index in [1.165, 1.54) is 11.8 Å². The summed E-state index contributed by atoms with van der Waals surface area (Å²) in [6, 6.07) is 17.9. The average molecular weight is 534 g/mol. The van der Waals surface area contributed by atoms with Gasteiger partial charge in [0.25, 0.3) is 5.91 Å². The summed E-state index contributed by atoms with van der Waals surface area (Å²) in [4.78, 5) is 15.6. The first-order valence-electron chi connectivity index (χ1n) is 12.7. The molecule has 1 aromatic heterocycles. The summed E-state index contributed by atoms with van der Waals surface area (Å²) in [7, 11) is 0. The van der Waals surface area contributed by atoms with Gasteiger partial charge in [0.05, 0.1) is 35.5 Å². The molecule has 1 atom stereocenters. The number of carbonyl (C=O) groups is 1. The van der Waals surface area contributed by atoms with Crippen LogP contribution in [-0.4, -0.2) is 50.8 Å². The lowest BCUT2D eigenvalue weighted by atomic mass is 10.1. The molecule has 5 rings (SSSR count). The third-order valence-corrected chi connectivity index (χ3v) is 7.80. The van der Waals surface area contributed by atoms with Crippen LogP contribution in [-0.2, 0) is 9.53 Å². The predicted molar refractivity (Wildman–Crippen MR) is 153 cm³/mol. The molecule has 0 radical (unpaired) electrons. The number of thioether (sulfide) groups is 1. The van der Waals surface area contributed by atoms with E-state index in [2.05, 4.69) is 13.8 Å². The van der Waals surface area contributed by atoms with E-state index >= 15 is 0 Å². The summed E-state index contributed by atoms with van der Waals surface area (Å²) in [5, 5.41) is 4.90. The SMILES string of the molecule is CC(C)CCOc1ccc(-c2nn(-c3ccccc3)cc2/C=C2\SC(=S)N(CC3CCCO3)C2=O)cc1. The van der Waals surface area contributed by atoms with Crippen molar-refractivity contribution in [2.75, 3.05) is 19.8 Å². The Morgan fingerprint density at radius 3 is 2.68 bits per heavy atom. The van der Waals surface area contributed by atoms with Gasteiger partial charge < -0.3 is 9.47 Å². The molecule has 0 aliphatic carbocycles. The Bertz CT molecular complexity index is 1280. The van der Waals surface area contributed by atoms with Gasteiger partial charge in [-0.2, -0.15) is 5.10 Å². The fraction of sp³-hybridized carbons (Fsp3) is 0.345. The summed E-state index contributed by atoms with van der Waals surface area (Å²) in [6.45, 7) is 6.33. The molecule has 6 nitrogen and oxygen atoms in total. The summed E-state index contributed by atoms with van der Waals surface area (Å²) in [5.41, 5.74) is 3.55. The molecule has 3 heterocycles. The Labute approximate surface area is 227 Å². The van der Waals surface area contributed by atoms with Crippen LogP contribution in [0.1, 0.15) is 38.7 Å². The Hall–Kier alpha value is -2.94. The van der Waals surface area contributed by atoms with Crippen molar-refractivity contribution in [2.45, 2.75) is 39.2 Å². The maximum absolute atomic E-state index is 13.3. The molecule has 3 aromatic rings. The highest BCUT2D eigenvalue weighted by molar-refractivity contribution is 8.26. The molecule has 0 saturated carbocycles. The fourth-order valence-corrected chi connectivity index (χ4v) is 5.61. The molecule has 2 fully saturated rings. The molecule has 0 N–H and O–H groups in total. The van der Waals surface area contributed by atoms with E-state index < -0.39 is 0 Å². The van der Waals surface area contributed by atoms with E-state index in [0.29, 0.717) is 28.3 Å². The lowest BCUT2D eigenvalue weighted by Crippen LogP contribution is -2.35. The van der Waals surface area contributed by atoms with Crippen molar-refractivity contribution in [2.24, 2.45) is 5.92 Å². The van der Waals surface area contributed by atoms with Crippen LogP contribution < -0.4 is 4.74 Å². The molecule has 8 heteroatoms. The van der Waals surface area contributed by atoms with Crippen molar-refractivity contribution in [3.05, 3.63) is 71.3 Å². The van der Waals surface area contributed by atoms with Crippen LogP contribution in [0.4, 0.5) is 0 Å². The van der Waals surface area contributed by atoms with Crippen LogP contribution in [0.5, 0.6) is 5.75 Å². The second-order valence-electron chi connectivity index (χ2n) is 9.70. The van der Waals surface area contributed by atoms with Gasteiger partial charge in [0.1, 0.15) is 10.1 Å². The van der Waals surface area contributed by atoms with Crippen LogP contribution in [0, 0.1) is 5.92 Å². The number of thiocarbonyl (C=S) groups is 1. The smallest absolute Gasteiger partial charge is 0.266 e. The van der Waals surface area contributed by atoms with Gasteiger partial charge in [0.2, 0.25) is 0 Å². The largest absolute Gasteiger partial charge is 0.494 e. The molecule has 192 valence electrons. The maximum Gasteiger partial charge on any atom is 0.266 e. The van der Waals surface area contributed by atoms with E-state index in [4.69, 9.17) is 26.8 Å². The molecule has 2 aliphatic heterocycles. The number of nitrogens with zero attached hydrogens (tertiary/aromatic N) is 3. The first kappa shape index (κ1) is 25.7. The van der Waals surface area contributed by atoms with E-state index in [-0.39, 0.29) is 12.0 Å². The average Bonchev–Trinajstić information content (AvgIpc) is 3.62. The highest BCUT2D eigenvalue weighted by Crippen LogP contribution is 2.36. The van der Waals surface area contributed by atoms with Crippen molar-refractivity contribution in [3.63, 3.8) is 0 Å². The molecule has 2 aromatic carbocycles. The Morgan fingerprint density at radius 2 is 1.97 bits per heavy atom. The van der Waals surface area contributed by atoms with Crippen molar-refractivity contribution in [1.82, 2.24) is 14.7 Å². The summed E-state index contributed by atoms with van der Waals surface area (Å²) < 4.78 is 14.1. The lowest BCUT2D eigenvalue weighted by molar-refractivity contribution is -0.123. The first-order valence-corrected chi connectivity index (χ1v) is 14.0. The number of aromatic nitrogens is 2. The minimum atomic E-state index is -0.0715. The molecule has 0 bridgehead atoms. The number of rotatable bonds is 9. The number of hydrogen-bond acceptors (Lipinski definition) is 6. The summed E-state index contributed by atoms with van der Waals surface area (Å²) in [6.07, 6.45) is 6.92. The topological polar surface area (TPSA) is 56.6 Å². The second-order valence-corrected chi connectivity index (χ2v) is 11.4. The molecular weight excluding hydrogens is 502 g/mol. The molecule has 1 unspecified atom stereocenters. The fourth-order valence-electron chi connectivity index (χ4n) is 4.34. The lowest BCUT2D eigenvalue weighted by Gasteiger charge is -2.18. The van der Waals surface area contributed by atoms with Crippen LogP contribution in [0.2, 0.25) is 0 Å². The van der Waals surface area contributed by atoms with Gasteiger partial charge in [-0.05, 0) is 67.7 Å². The third-order valence-electron chi connectivity index (χ3n) is 6.43. The molecule has 0 spiro atoms. The maximum atomic E-state index is 13.3. The van der Waals surface area contributed by atoms with E-state index in [1.807, 2.05) is 71.6 Å². The van der Waals surface area contributed by atoms with Crippen molar-refractivity contribution in [3.8, 4) is 22.7 Å². The normalized spacial score (nSPS) is 18.9. The monoisotopic (exact) mass is 533 g/mol. The van der Waals surface area contributed by atoms with Gasteiger partial charge >= 0.3 is 0 Å². The van der Waals surface area contributed by atoms with E-state index in [1.54, 1.807) is 4.90 Å². The van der Waals surface area contributed by atoms with Crippen molar-refractivity contribution in [1.29, 1.82) is 0 Å². The van der Waals surface area contributed by atoms with Crippen LogP contribution >= 0.6 is 24.0 Å². The standard InChI is InChI=1S/C29H31N3O3S2/c1-20(2)14-16-35-24-12-10-21(11-13-24)27-22(18-32(30-27)23-7-4-3-5-8-23)17-26-28(33)31(29(36)37-26)19-25-9-6-15-34-25/h3-5,7-8,10-13,17-18,20,25H,6,9,14-16,19H2,1-2H3/b26-17-. The Kier molecular flexibility index (Phi) is 8.08. The third kappa shape index (κ3) is 6.14. The van der Waals surface area contributed by atoms with Crippen molar-refractivity contribution < 1.29 is 14.3 Å². The van der Waals surface area contributed by atoms with E-state index in [0.717, 1.165) is 54.1 Å². The summed E-state index contributed by atoms with van der Waals surface area (Å²) in [5.74, 6) is 1.36. The first-order chi connectivity index (χ1) is 18.0.